The summed E-state index contributed by atoms with van der Waals surface area (Å²) < 4.78 is 14.7. The van der Waals surface area contributed by atoms with E-state index in [1.807, 2.05) is 6.92 Å². The molecule has 132 valence electrons. The van der Waals surface area contributed by atoms with Crippen molar-refractivity contribution in [3.8, 4) is 0 Å². The Morgan fingerprint density at radius 1 is 1.28 bits per heavy atom. The molecule has 0 saturated carbocycles. The second-order valence-electron chi connectivity index (χ2n) is 6.48. The average Bonchev–Trinajstić information content (AvgIpc) is 3.02. The van der Waals surface area contributed by atoms with Crippen molar-refractivity contribution in [3.05, 3.63) is 53.1 Å². The van der Waals surface area contributed by atoms with Crippen LogP contribution in [0.5, 0.6) is 0 Å². The molecule has 1 aromatic heterocycles. The van der Waals surface area contributed by atoms with Gasteiger partial charge in [-0.1, -0.05) is 6.92 Å². The van der Waals surface area contributed by atoms with Crippen LogP contribution in [0.3, 0.4) is 0 Å². The van der Waals surface area contributed by atoms with Crippen molar-refractivity contribution in [3.63, 3.8) is 0 Å². The number of aryl methyl sites for hydroxylation is 2. The summed E-state index contributed by atoms with van der Waals surface area (Å²) in [5.41, 5.74) is 1.88. The molecule has 25 heavy (non-hydrogen) atoms. The molecule has 0 N–H and O–H groups in total. The summed E-state index contributed by atoms with van der Waals surface area (Å²) in [5, 5.41) is 4.32. The maximum atomic E-state index is 13.0. The molecule has 1 aliphatic rings. The highest BCUT2D eigenvalue weighted by Crippen LogP contribution is 2.23. The van der Waals surface area contributed by atoms with Crippen molar-refractivity contribution in [1.29, 1.82) is 0 Å². The molecule has 1 fully saturated rings. The Balaban J connectivity index is 1.75. The highest BCUT2D eigenvalue weighted by Gasteiger charge is 2.30. The number of halogens is 1. The van der Waals surface area contributed by atoms with Gasteiger partial charge in [0.2, 0.25) is 0 Å². The van der Waals surface area contributed by atoms with Gasteiger partial charge in [-0.3, -0.25) is 14.3 Å². The largest absolute Gasteiger partial charge is 0.338 e. The van der Waals surface area contributed by atoms with Crippen LogP contribution in [0.25, 0.3) is 0 Å². The molecule has 2 heterocycles. The van der Waals surface area contributed by atoms with E-state index in [2.05, 4.69) is 5.10 Å². The number of nitrogens with zero attached hydrogens (tertiary/aromatic N) is 3. The zero-order valence-corrected chi connectivity index (χ0v) is 14.5. The minimum absolute atomic E-state index is 0.0283. The lowest BCUT2D eigenvalue weighted by atomic mass is 9.89. The molecule has 1 amide bonds. The van der Waals surface area contributed by atoms with E-state index in [0.29, 0.717) is 30.6 Å². The number of rotatable bonds is 4. The highest BCUT2D eigenvalue weighted by molar-refractivity contribution is 5.99. The van der Waals surface area contributed by atoms with E-state index in [1.165, 1.54) is 24.3 Å². The normalized spacial score (nSPS) is 17.6. The smallest absolute Gasteiger partial charge is 0.257 e. The van der Waals surface area contributed by atoms with Crippen LogP contribution in [0.2, 0.25) is 0 Å². The van der Waals surface area contributed by atoms with Crippen molar-refractivity contribution < 1.29 is 14.0 Å². The van der Waals surface area contributed by atoms with Crippen LogP contribution in [0.4, 0.5) is 4.39 Å². The van der Waals surface area contributed by atoms with Crippen LogP contribution < -0.4 is 0 Å². The number of hydrogen-bond donors (Lipinski definition) is 0. The van der Waals surface area contributed by atoms with E-state index >= 15 is 0 Å². The van der Waals surface area contributed by atoms with E-state index in [9.17, 15) is 14.0 Å². The number of likely N-dealkylation sites (tertiary alicyclic amines) is 1. The van der Waals surface area contributed by atoms with Crippen molar-refractivity contribution >= 4 is 11.7 Å². The third kappa shape index (κ3) is 3.62. The monoisotopic (exact) mass is 343 g/mol. The second kappa shape index (κ2) is 7.17. The van der Waals surface area contributed by atoms with E-state index in [0.717, 1.165) is 18.5 Å². The van der Waals surface area contributed by atoms with Gasteiger partial charge in [-0.25, -0.2) is 4.39 Å². The highest BCUT2D eigenvalue weighted by atomic mass is 19.1. The fraction of sp³-hybridized carbons (Fsp3) is 0.421. The molecule has 1 atom stereocenters. The summed E-state index contributed by atoms with van der Waals surface area (Å²) in [6, 6.07) is 5.60. The Labute approximate surface area is 146 Å². The lowest BCUT2D eigenvalue weighted by molar-refractivity contribution is 0.0636. The number of Topliss-reactive ketones (excluding diaryl/α,β-unsaturated/α-hetero) is 1. The summed E-state index contributed by atoms with van der Waals surface area (Å²) in [5.74, 6) is -0.702. The van der Waals surface area contributed by atoms with E-state index in [1.54, 1.807) is 22.8 Å². The first-order valence-corrected chi connectivity index (χ1v) is 8.61. The molecule has 0 aliphatic carbocycles. The van der Waals surface area contributed by atoms with Gasteiger partial charge in [-0.05, 0) is 43.5 Å². The topological polar surface area (TPSA) is 55.2 Å². The van der Waals surface area contributed by atoms with Crippen LogP contribution in [-0.4, -0.2) is 39.5 Å². The molecule has 1 unspecified atom stereocenters. The number of aromatic nitrogens is 2. The number of piperidine rings is 1. The van der Waals surface area contributed by atoms with Gasteiger partial charge in [0.25, 0.3) is 5.91 Å². The molecule has 1 aliphatic heterocycles. The lowest BCUT2D eigenvalue weighted by Crippen LogP contribution is -2.42. The Morgan fingerprint density at radius 2 is 2.00 bits per heavy atom. The fourth-order valence-corrected chi connectivity index (χ4v) is 3.37. The van der Waals surface area contributed by atoms with Gasteiger partial charge in [0.05, 0.1) is 11.3 Å². The molecule has 5 nitrogen and oxygen atoms in total. The van der Waals surface area contributed by atoms with Gasteiger partial charge in [0.1, 0.15) is 5.82 Å². The number of carbonyl (C=O) groups excluding carboxylic acids is 2. The zero-order chi connectivity index (χ0) is 18.0. The number of benzene rings is 1. The third-order valence-electron chi connectivity index (χ3n) is 4.68. The number of ketones is 1. The van der Waals surface area contributed by atoms with Gasteiger partial charge >= 0.3 is 0 Å². The van der Waals surface area contributed by atoms with Crippen molar-refractivity contribution in [2.75, 3.05) is 13.1 Å². The van der Waals surface area contributed by atoms with Crippen LogP contribution in [-0.2, 0) is 13.5 Å². The van der Waals surface area contributed by atoms with Crippen LogP contribution in [0.1, 0.15) is 46.2 Å². The number of amides is 1. The molecule has 1 saturated heterocycles. The lowest BCUT2D eigenvalue weighted by Gasteiger charge is -2.32. The number of hydrogen-bond acceptors (Lipinski definition) is 3. The minimum atomic E-state index is -0.360. The summed E-state index contributed by atoms with van der Waals surface area (Å²) >= 11 is 0. The Bertz CT molecular complexity index is 782. The SMILES string of the molecule is CCc1nn(C)cc1C(=O)N1CCCC(C(=O)c2ccc(F)cc2)C1. The third-order valence-corrected chi connectivity index (χ3v) is 4.68. The average molecular weight is 343 g/mol. The maximum Gasteiger partial charge on any atom is 0.257 e. The molecule has 3 rings (SSSR count). The molecule has 0 radical (unpaired) electrons. The van der Waals surface area contributed by atoms with Crippen molar-refractivity contribution in [2.45, 2.75) is 26.2 Å². The summed E-state index contributed by atoms with van der Waals surface area (Å²) in [6.07, 6.45) is 3.96. The van der Waals surface area contributed by atoms with Gasteiger partial charge < -0.3 is 4.90 Å². The second-order valence-corrected chi connectivity index (χ2v) is 6.48. The Morgan fingerprint density at radius 3 is 2.68 bits per heavy atom. The van der Waals surface area contributed by atoms with Gasteiger partial charge in [-0.2, -0.15) is 5.10 Å². The molecule has 6 heteroatoms. The van der Waals surface area contributed by atoms with Crippen LogP contribution in [0.15, 0.2) is 30.5 Å². The van der Waals surface area contributed by atoms with Gasteiger partial charge in [0, 0.05) is 37.8 Å². The molecule has 0 spiro atoms. The first-order chi connectivity index (χ1) is 12.0. The molecule has 0 bridgehead atoms. The summed E-state index contributed by atoms with van der Waals surface area (Å²) in [7, 11) is 1.80. The Hall–Kier alpha value is -2.50. The molecule has 1 aromatic carbocycles. The van der Waals surface area contributed by atoms with Crippen molar-refractivity contribution in [2.24, 2.45) is 13.0 Å². The predicted octanol–water partition coefficient (Wildman–Crippen LogP) is 2.86. The quantitative estimate of drug-likeness (QED) is 0.802. The number of carbonyl (C=O) groups is 2. The molecule has 2 aromatic rings. The van der Waals surface area contributed by atoms with Gasteiger partial charge in [-0.15, -0.1) is 0 Å². The first-order valence-electron chi connectivity index (χ1n) is 8.61. The zero-order valence-electron chi connectivity index (χ0n) is 14.5. The van der Waals surface area contributed by atoms with Crippen LogP contribution in [0, 0.1) is 11.7 Å². The van der Waals surface area contributed by atoms with Crippen molar-refractivity contribution in [1.82, 2.24) is 14.7 Å². The Kier molecular flexibility index (Phi) is 4.97. The summed E-state index contributed by atoms with van der Waals surface area (Å²) in [6.45, 7) is 3.01. The summed E-state index contributed by atoms with van der Waals surface area (Å²) in [4.78, 5) is 27.3. The van der Waals surface area contributed by atoms with E-state index in [-0.39, 0.29) is 23.4 Å². The maximum absolute atomic E-state index is 13.0. The van der Waals surface area contributed by atoms with Crippen LogP contribution >= 0.6 is 0 Å². The van der Waals surface area contributed by atoms with E-state index < -0.39 is 0 Å². The van der Waals surface area contributed by atoms with E-state index in [4.69, 9.17) is 0 Å². The first kappa shape index (κ1) is 17.3. The van der Waals surface area contributed by atoms with Gasteiger partial charge in [0.15, 0.2) is 5.78 Å². The predicted molar refractivity (Wildman–Crippen MR) is 91.9 cm³/mol. The fourth-order valence-electron chi connectivity index (χ4n) is 3.37. The molecular formula is C19H22FN3O2. The molecular weight excluding hydrogens is 321 g/mol. The standard InChI is InChI=1S/C19H22FN3O2/c1-3-17-16(12-22(2)21-17)19(25)23-10-4-5-14(11-23)18(24)13-6-8-15(20)9-7-13/h6-9,12,14H,3-5,10-11H2,1-2H3. The minimum Gasteiger partial charge on any atom is -0.338 e.